The lowest BCUT2D eigenvalue weighted by atomic mass is 9.84. The van der Waals surface area contributed by atoms with E-state index in [-0.39, 0.29) is 5.82 Å². The molecule has 0 fully saturated rings. The molecule has 0 aliphatic rings. The highest BCUT2D eigenvalue weighted by Crippen LogP contribution is 2.46. The Bertz CT molecular complexity index is 2240. The van der Waals surface area contributed by atoms with Gasteiger partial charge in [0.2, 0.25) is 0 Å². The predicted octanol–water partition coefficient (Wildman–Crippen LogP) is 12.0. The maximum atomic E-state index is 13.8. The summed E-state index contributed by atoms with van der Waals surface area (Å²) in [5, 5.41) is 4.83. The number of rotatable bonds is 6. The van der Waals surface area contributed by atoms with Gasteiger partial charge in [-0.1, -0.05) is 133 Å². The Hall–Kier alpha value is -6.06. The number of hydrogen-bond acceptors (Lipinski definition) is 2. The van der Waals surface area contributed by atoms with Crippen LogP contribution >= 0.6 is 0 Å². The molecule has 1 heterocycles. The fraction of sp³-hybridized carbons (Fsp3) is 0. The molecule has 218 valence electrons. The van der Waals surface area contributed by atoms with Crippen LogP contribution in [0.3, 0.4) is 0 Å². The van der Waals surface area contributed by atoms with Gasteiger partial charge in [0.25, 0.3) is 0 Å². The topological polar surface area (TPSA) is 16.1 Å². The number of pyridine rings is 1. The van der Waals surface area contributed by atoms with Crippen LogP contribution in [-0.4, -0.2) is 4.98 Å². The fourth-order valence-corrected chi connectivity index (χ4v) is 6.57. The van der Waals surface area contributed by atoms with Gasteiger partial charge in [-0.05, 0) is 91.3 Å². The van der Waals surface area contributed by atoms with Crippen LogP contribution in [0.4, 0.5) is 21.6 Å². The van der Waals surface area contributed by atoms with Crippen molar-refractivity contribution in [2.75, 3.05) is 4.90 Å². The highest BCUT2D eigenvalue weighted by molar-refractivity contribution is 6.22. The molecule has 0 atom stereocenters. The summed E-state index contributed by atoms with van der Waals surface area (Å²) in [5.41, 5.74) is 9.08. The van der Waals surface area contributed by atoms with Gasteiger partial charge in [0.05, 0.1) is 6.20 Å². The Morgan fingerprint density at radius 1 is 0.391 bits per heavy atom. The smallest absolute Gasteiger partial charge is 0.141 e. The minimum atomic E-state index is -0.360. The van der Waals surface area contributed by atoms with Gasteiger partial charge >= 0.3 is 0 Å². The SMILES string of the molecule is Fc1ccc(N(c2ccccc2)c2ccc(-c3c4ccccc4c(-c4ccccc4-c4ccccc4)c4ccccc34)cc2)nc1. The molecule has 0 bridgehead atoms. The third-order valence-electron chi connectivity index (χ3n) is 8.58. The fourth-order valence-electron chi connectivity index (χ4n) is 6.57. The number of fused-ring (bicyclic) bond motifs is 2. The summed E-state index contributed by atoms with van der Waals surface area (Å²) >= 11 is 0. The van der Waals surface area contributed by atoms with Gasteiger partial charge in [-0.2, -0.15) is 0 Å². The molecule has 0 aliphatic heterocycles. The van der Waals surface area contributed by atoms with Crippen molar-refractivity contribution >= 4 is 38.7 Å². The molecule has 7 aromatic carbocycles. The van der Waals surface area contributed by atoms with Crippen LogP contribution in [0, 0.1) is 5.82 Å². The van der Waals surface area contributed by atoms with Crippen LogP contribution in [-0.2, 0) is 0 Å². The molecule has 0 saturated heterocycles. The van der Waals surface area contributed by atoms with E-state index in [1.54, 1.807) is 6.07 Å². The van der Waals surface area contributed by atoms with Gasteiger partial charge in [-0.15, -0.1) is 0 Å². The first-order valence-corrected chi connectivity index (χ1v) is 15.4. The molecule has 0 aliphatic carbocycles. The Balaban J connectivity index is 1.33. The summed E-state index contributed by atoms with van der Waals surface area (Å²) in [6.07, 6.45) is 1.26. The van der Waals surface area contributed by atoms with Crippen molar-refractivity contribution in [3.05, 3.63) is 182 Å². The van der Waals surface area contributed by atoms with Crippen molar-refractivity contribution in [1.29, 1.82) is 0 Å². The number of anilines is 3. The molecule has 0 amide bonds. The second kappa shape index (κ2) is 11.8. The standard InChI is InChI=1S/C43H29FN2/c44-32-25-28-41(45-29-32)46(33-15-5-2-6-16-33)34-26-23-31(24-27-34)42-37-19-9-11-21-39(37)43(40-22-12-10-20-38(40)42)36-18-8-7-17-35(36)30-13-3-1-4-14-30/h1-29H. The Morgan fingerprint density at radius 2 is 0.891 bits per heavy atom. The van der Waals surface area contributed by atoms with Crippen molar-refractivity contribution in [3.8, 4) is 33.4 Å². The Morgan fingerprint density at radius 3 is 1.48 bits per heavy atom. The van der Waals surface area contributed by atoms with E-state index in [2.05, 4.69) is 132 Å². The van der Waals surface area contributed by atoms with E-state index in [1.807, 2.05) is 35.2 Å². The van der Waals surface area contributed by atoms with Crippen LogP contribution in [0.1, 0.15) is 0 Å². The van der Waals surface area contributed by atoms with Crippen molar-refractivity contribution in [1.82, 2.24) is 4.98 Å². The van der Waals surface area contributed by atoms with Crippen LogP contribution in [0.25, 0.3) is 54.9 Å². The molecule has 0 N–H and O–H groups in total. The van der Waals surface area contributed by atoms with E-state index in [4.69, 9.17) is 0 Å². The average Bonchev–Trinajstić information content (AvgIpc) is 3.13. The van der Waals surface area contributed by atoms with Crippen molar-refractivity contribution in [3.63, 3.8) is 0 Å². The molecule has 0 saturated carbocycles. The predicted molar refractivity (Wildman–Crippen MR) is 190 cm³/mol. The molecule has 0 radical (unpaired) electrons. The summed E-state index contributed by atoms with van der Waals surface area (Å²) in [4.78, 5) is 6.46. The second-order valence-corrected chi connectivity index (χ2v) is 11.3. The lowest BCUT2D eigenvalue weighted by Gasteiger charge is -2.24. The number of hydrogen-bond donors (Lipinski definition) is 0. The van der Waals surface area contributed by atoms with Gasteiger partial charge in [0.15, 0.2) is 0 Å². The zero-order chi connectivity index (χ0) is 30.9. The van der Waals surface area contributed by atoms with Crippen LogP contribution in [0.15, 0.2) is 176 Å². The van der Waals surface area contributed by atoms with Crippen molar-refractivity contribution < 1.29 is 4.39 Å². The Labute approximate surface area is 267 Å². The van der Waals surface area contributed by atoms with E-state index in [9.17, 15) is 4.39 Å². The summed E-state index contributed by atoms with van der Waals surface area (Å²) in [6, 6.07) is 58.6. The highest BCUT2D eigenvalue weighted by Gasteiger charge is 2.19. The number of nitrogens with zero attached hydrogens (tertiary/aromatic N) is 2. The molecule has 0 unspecified atom stereocenters. The number of para-hydroxylation sites is 1. The zero-order valence-corrected chi connectivity index (χ0v) is 25.0. The van der Waals surface area contributed by atoms with E-state index in [0.29, 0.717) is 5.82 Å². The molecular weight excluding hydrogens is 563 g/mol. The summed E-state index contributed by atoms with van der Waals surface area (Å²) in [7, 11) is 0. The molecule has 2 nitrogen and oxygen atoms in total. The molecule has 3 heteroatoms. The molecule has 1 aromatic heterocycles. The molecular formula is C43H29FN2. The summed E-state index contributed by atoms with van der Waals surface area (Å²) in [5.74, 6) is 0.290. The van der Waals surface area contributed by atoms with Crippen LogP contribution in [0.5, 0.6) is 0 Å². The minimum Gasteiger partial charge on any atom is -0.295 e. The first-order valence-electron chi connectivity index (χ1n) is 15.4. The third kappa shape index (κ3) is 4.89. The van der Waals surface area contributed by atoms with Gasteiger partial charge in [-0.3, -0.25) is 4.90 Å². The number of halogens is 1. The normalized spacial score (nSPS) is 11.2. The van der Waals surface area contributed by atoms with E-state index < -0.39 is 0 Å². The largest absolute Gasteiger partial charge is 0.295 e. The van der Waals surface area contributed by atoms with Crippen molar-refractivity contribution in [2.45, 2.75) is 0 Å². The summed E-state index contributed by atoms with van der Waals surface area (Å²) in [6.45, 7) is 0. The van der Waals surface area contributed by atoms with E-state index in [1.165, 1.54) is 61.6 Å². The van der Waals surface area contributed by atoms with Gasteiger partial charge in [0.1, 0.15) is 11.6 Å². The maximum absolute atomic E-state index is 13.8. The van der Waals surface area contributed by atoms with Gasteiger partial charge in [0, 0.05) is 11.4 Å². The number of benzene rings is 7. The van der Waals surface area contributed by atoms with Gasteiger partial charge in [-0.25, -0.2) is 9.37 Å². The summed E-state index contributed by atoms with van der Waals surface area (Å²) < 4.78 is 13.8. The Kier molecular flexibility index (Phi) is 7.05. The quantitative estimate of drug-likeness (QED) is 0.179. The lowest BCUT2D eigenvalue weighted by Crippen LogP contribution is -2.11. The van der Waals surface area contributed by atoms with Gasteiger partial charge < -0.3 is 0 Å². The zero-order valence-electron chi connectivity index (χ0n) is 25.0. The molecule has 46 heavy (non-hydrogen) atoms. The van der Waals surface area contributed by atoms with Crippen LogP contribution in [0.2, 0.25) is 0 Å². The number of aromatic nitrogens is 1. The molecule has 8 rings (SSSR count). The minimum absolute atomic E-state index is 0.360. The maximum Gasteiger partial charge on any atom is 0.141 e. The second-order valence-electron chi connectivity index (χ2n) is 11.3. The van der Waals surface area contributed by atoms with E-state index in [0.717, 1.165) is 16.9 Å². The van der Waals surface area contributed by atoms with E-state index >= 15 is 0 Å². The average molecular weight is 593 g/mol. The molecule has 0 spiro atoms. The highest BCUT2D eigenvalue weighted by atomic mass is 19.1. The monoisotopic (exact) mass is 592 g/mol. The van der Waals surface area contributed by atoms with Crippen LogP contribution < -0.4 is 4.90 Å². The third-order valence-corrected chi connectivity index (χ3v) is 8.58. The van der Waals surface area contributed by atoms with Crippen molar-refractivity contribution in [2.24, 2.45) is 0 Å². The first kappa shape index (κ1) is 27.5. The lowest BCUT2D eigenvalue weighted by molar-refractivity contribution is 0.621. The molecule has 8 aromatic rings. The first-order chi connectivity index (χ1) is 22.8.